The lowest BCUT2D eigenvalue weighted by Crippen LogP contribution is -2.21. The highest BCUT2D eigenvalue weighted by molar-refractivity contribution is 5.49. The Hall–Kier alpha value is -2.63. The fraction of sp³-hybridized carbons (Fsp3) is 0.353. The molecule has 0 aliphatic heterocycles. The smallest absolute Gasteiger partial charge is 0.261 e. The van der Waals surface area contributed by atoms with Gasteiger partial charge in [-0.1, -0.05) is 17.3 Å². The molecule has 0 fully saturated rings. The molecule has 2 heterocycles. The predicted molar refractivity (Wildman–Crippen MR) is 86.3 cm³/mol. The zero-order valence-electron chi connectivity index (χ0n) is 13.8. The van der Waals surface area contributed by atoms with Gasteiger partial charge >= 0.3 is 0 Å². The Morgan fingerprint density at radius 1 is 1.17 bits per heavy atom. The molecule has 0 saturated heterocycles. The standard InChI is InChI=1S/C17H20N4O2/c1-17(2,3)21-11-13(10-18-21)16-19-15(20-23-16)9-12-5-7-14(22-4)8-6-12/h5-8,10-11H,9H2,1-4H3. The van der Waals surface area contributed by atoms with Crippen molar-refractivity contribution in [2.75, 3.05) is 7.11 Å². The van der Waals surface area contributed by atoms with E-state index < -0.39 is 0 Å². The molecule has 3 rings (SSSR count). The summed E-state index contributed by atoms with van der Waals surface area (Å²) in [5, 5.41) is 8.40. The van der Waals surface area contributed by atoms with Crippen LogP contribution in [-0.4, -0.2) is 27.0 Å². The Kier molecular flexibility index (Phi) is 3.90. The van der Waals surface area contributed by atoms with Crippen LogP contribution >= 0.6 is 0 Å². The normalized spacial score (nSPS) is 11.7. The van der Waals surface area contributed by atoms with Crippen LogP contribution < -0.4 is 4.74 Å². The van der Waals surface area contributed by atoms with Crippen LogP contribution in [0.4, 0.5) is 0 Å². The van der Waals surface area contributed by atoms with Crippen molar-refractivity contribution in [1.82, 2.24) is 19.9 Å². The molecule has 0 unspecified atom stereocenters. The van der Waals surface area contributed by atoms with Gasteiger partial charge in [0.25, 0.3) is 5.89 Å². The van der Waals surface area contributed by atoms with E-state index in [0.29, 0.717) is 18.1 Å². The van der Waals surface area contributed by atoms with Gasteiger partial charge in [-0.3, -0.25) is 4.68 Å². The molecule has 0 bridgehead atoms. The number of aromatic nitrogens is 4. The summed E-state index contributed by atoms with van der Waals surface area (Å²) in [6.07, 6.45) is 4.28. The first kappa shape index (κ1) is 15.3. The van der Waals surface area contributed by atoms with Gasteiger partial charge in [-0.2, -0.15) is 10.1 Å². The van der Waals surface area contributed by atoms with Crippen LogP contribution in [0.5, 0.6) is 5.75 Å². The van der Waals surface area contributed by atoms with Gasteiger partial charge < -0.3 is 9.26 Å². The maximum Gasteiger partial charge on any atom is 0.261 e. The highest BCUT2D eigenvalue weighted by Crippen LogP contribution is 2.21. The number of rotatable bonds is 4. The number of nitrogens with zero attached hydrogens (tertiary/aromatic N) is 4. The number of hydrogen-bond acceptors (Lipinski definition) is 5. The Balaban J connectivity index is 1.76. The van der Waals surface area contributed by atoms with E-state index in [9.17, 15) is 0 Å². The quantitative estimate of drug-likeness (QED) is 0.739. The van der Waals surface area contributed by atoms with Gasteiger partial charge in [0.2, 0.25) is 0 Å². The second-order valence-electron chi connectivity index (χ2n) is 6.39. The molecule has 0 amide bonds. The van der Waals surface area contributed by atoms with Gasteiger partial charge in [-0.05, 0) is 38.5 Å². The molecule has 6 heteroatoms. The monoisotopic (exact) mass is 312 g/mol. The van der Waals surface area contributed by atoms with Crippen molar-refractivity contribution < 1.29 is 9.26 Å². The summed E-state index contributed by atoms with van der Waals surface area (Å²) < 4.78 is 12.4. The molecule has 0 saturated carbocycles. The first-order valence-electron chi connectivity index (χ1n) is 7.47. The van der Waals surface area contributed by atoms with Crippen molar-refractivity contribution in [3.63, 3.8) is 0 Å². The van der Waals surface area contributed by atoms with E-state index in [1.165, 1.54) is 0 Å². The highest BCUT2D eigenvalue weighted by atomic mass is 16.5. The molecule has 0 aliphatic rings. The summed E-state index contributed by atoms with van der Waals surface area (Å²) in [6, 6.07) is 7.83. The number of methoxy groups -OCH3 is 1. The van der Waals surface area contributed by atoms with Crippen LogP contribution in [0.3, 0.4) is 0 Å². The molecule has 23 heavy (non-hydrogen) atoms. The molecule has 3 aromatic rings. The molecular weight excluding hydrogens is 292 g/mol. The van der Waals surface area contributed by atoms with Crippen molar-refractivity contribution in [1.29, 1.82) is 0 Å². The third-order valence-corrected chi connectivity index (χ3v) is 3.51. The summed E-state index contributed by atoms with van der Waals surface area (Å²) in [5.74, 6) is 1.97. The van der Waals surface area contributed by atoms with E-state index >= 15 is 0 Å². The predicted octanol–water partition coefficient (Wildman–Crippen LogP) is 3.29. The lowest BCUT2D eigenvalue weighted by atomic mass is 10.1. The van der Waals surface area contributed by atoms with Crippen LogP contribution in [0.2, 0.25) is 0 Å². The lowest BCUT2D eigenvalue weighted by molar-refractivity contribution is 0.355. The maximum atomic E-state index is 5.35. The molecule has 0 aliphatic carbocycles. The third kappa shape index (κ3) is 3.41. The van der Waals surface area contributed by atoms with Gasteiger partial charge in [0.15, 0.2) is 5.82 Å². The van der Waals surface area contributed by atoms with E-state index in [-0.39, 0.29) is 5.54 Å². The first-order chi connectivity index (χ1) is 11.0. The topological polar surface area (TPSA) is 66.0 Å². The summed E-state index contributed by atoms with van der Waals surface area (Å²) in [7, 11) is 1.65. The van der Waals surface area contributed by atoms with Gasteiger partial charge in [-0.25, -0.2) is 0 Å². The Morgan fingerprint density at radius 3 is 2.52 bits per heavy atom. The van der Waals surface area contributed by atoms with Crippen LogP contribution in [0.1, 0.15) is 32.2 Å². The minimum Gasteiger partial charge on any atom is -0.497 e. The second kappa shape index (κ2) is 5.87. The van der Waals surface area contributed by atoms with Crippen LogP contribution in [0, 0.1) is 0 Å². The van der Waals surface area contributed by atoms with Crippen molar-refractivity contribution in [3.05, 3.63) is 48.0 Å². The lowest BCUT2D eigenvalue weighted by Gasteiger charge is -2.18. The van der Waals surface area contributed by atoms with Gasteiger partial charge in [0.1, 0.15) is 5.75 Å². The highest BCUT2D eigenvalue weighted by Gasteiger charge is 2.17. The maximum absolute atomic E-state index is 5.35. The summed E-state index contributed by atoms with van der Waals surface area (Å²) >= 11 is 0. The molecular formula is C17H20N4O2. The molecule has 0 radical (unpaired) electrons. The van der Waals surface area contributed by atoms with Gasteiger partial charge in [-0.15, -0.1) is 0 Å². The molecule has 0 spiro atoms. The summed E-state index contributed by atoms with van der Waals surface area (Å²) in [5.41, 5.74) is 1.85. The number of benzene rings is 1. The zero-order valence-corrected chi connectivity index (χ0v) is 13.8. The van der Waals surface area contributed by atoms with E-state index in [4.69, 9.17) is 9.26 Å². The van der Waals surface area contributed by atoms with Crippen molar-refractivity contribution in [3.8, 4) is 17.2 Å². The summed E-state index contributed by atoms with van der Waals surface area (Å²) in [4.78, 5) is 4.45. The molecule has 1 aromatic carbocycles. The molecule has 6 nitrogen and oxygen atoms in total. The van der Waals surface area contributed by atoms with E-state index in [1.54, 1.807) is 13.3 Å². The zero-order chi connectivity index (χ0) is 16.4. The fourth-order valence-electron chi connectivity index (χ4n) is 2.17. The third-order valence-electron chi connectivity index (χ3n) is 3.51. The van der Waals surface area contributed by atoms with E-state index in [2.05, 4.69) is 36.0 Å². The van der Waals surface area contributed by atoms with Crippen LogP contribution in [0.15, 0.2) is 41.2 Å². The Bertz CT molecular complexity index is 782. The minimum atomic E-state index is -0.0792. The number of hydrogen-bond donors (Lipinski definition) is 0. The Morgan fingerprint density at radius 2 is 1.91 bits per heavy atom. The Labute approximate surface area is 135 Å². The summed E-state index contributed by atoms with van der Waals surface area (Å²) in [6.45, 7) is 6.27. The van der Waals surface area contributed by atoms with Crippen molar-refractivity contribution >= 4 is 0 Å². The second-order valence-corrected chi connectivity index (χ2v) is 6.39. The minimum absolute atomic E-state index is 0.0792. The largest absolute Gasteiger partial charge is 0.497 e. The molecule has 2 aromatic heterocycles. The average Bonchev–Trinajstić information content (AvgIpc) is 3.16. The number of ether oxygens (including phenoxy) is 1. The molecule has 120 valence electrons. The SMILES string of the molecule is COc1ccc(Cc2noc(-c3cnn(C(C)(C)C)c3)n2)cc1. The van der Waals surface area contributed by atoms with Gasteiger partial charge in [0.05, 0.1) is 24.4 Å². The van der Waals surface area contributed by atoms with Gasteiger partial charge in [0, 0.05) is 12.6 Å². The molecule has 0 N–H and O–H groups in total. The van der Waals surface area contributed by atoms with Crippen LogP contribution in [0.25, 0.3) is 11.5 Å². The van der Waals surface area contributed by atoms with E-state index in [0.717, 1.165) is 16.9 Å². The van der Waals surface area contributed by atoms with Crippen molar-refractivity contribution in [2.45, 2.75) is 32.7 Å². The average molecular weight is 312 g/mol. The van der Waals surface area contributed by atoms with E-state index in [1.807, 2.05) is 35.1 Å². The van der Waals surface area contributed by atoms with Crippen LogP contribution in [-0.2, 0) is 12.0 Å². The molecule has 0 atom stereocenters. The van der Waals surface area contributed by atoms with Crippen molar-refractivity contribution in [2.24, 2.45) is 0 Å². The first-order valence-corrected chi connectivity index (χ1v) is 7.47. The fourth-order valence-corrected chi connectivity index (χ4v) is 2.17.